The molecule has 0 radical (unpaired) electrons. The number of aromatic nitrogens is 1. The maximum atomic E-state index is 13.0. The van der Waals surface area contributed by atoms with E-state index in [1.54, 1.807) is 36.1 Å². The van der Waals surface area contributed by atoms with E-state index >= 15 is 0 Å². The summed E-state index contributed by atoms with van der Waals surface area (Å²) in [4.78, 5) is 47.5. The zero-order valence-electron chi connectivity index (χ0n) is 21.2. The summed E-state index contributed by atoms with van der Waals surface area (Å²) < 4.78 is 1.60. The van der Waals surface area contributed by atoms with E-state index in [0.717, 1.165) is 22.3 Å². The van der Waals surface area contributed by atoms with Gasteiger partial charge in [0.05, 0.1) is 6.42 Å². The number of nitrogens with two attached hydrogens (primary N) is 1. The molecule has 0 unspecified atom stereocenters. The van der Waals surface area contributed by atoms with Crippen molar-refractivity contribution in [1.29, 1.82) is 0 Å². The summed E-state index contributed by atoms with van der Waals surface area (Å²) in [5.41, 5.74) is 8.88. The minimum Gasteiger partial charge on any atom is -0.481 e. The highest BCUT2D eigenvalue weighted by Gasteiger charge is 2.27. The van der Waals surface area contributed by atoms with Gasteiger partial charge in [-0.25, -0.2) is 0 Å². The fourth-order valence-electron chi connectivity index (χ4n) is 3.99. The number of hydrogen-bond donors (Lipinski definition) is 4. The molecule has 1 atom stereocenters. The second-order valence-electron chi connectivity index (χ2n) is 9.71. The summed E-state index contributed by atoms with van der Waals surface area (Å²) in [6.07, 6.45) is 3.29. The zero-order valence-corrected chi connectivity index (χ0v) is 21.2. The van der Waals surface area contributed by atoms with E-state index in [0.29, 0.717) is 5.56 Å². The van der Waals surface area contributed by atoms with Crippen molar-refractivity contribution in [2.45, 2.75) is 32.7 Å². The lowest BCUT2D eigenvalue weighted by Crippen LogP contribution is -2.40. The summed E-state index contributed by atoms with van der Waals surface area (Å²) >= 11 is 0. The van der Waals surface area contributed by atoms with Crippen LogP contribution in [0.4, 0.5) is 0 Å². The van der Waals surface area contributed by atoms with Crippen LogP contribution in [0.15, 0.2) is 67.0 Å². The number of benzene rings is 2. The summed E-state index contributed by atoms with van der Waals surface area (Å²) in [6.45, 7) is 3.95. The van der Waals surface area contributed by atoms with Gasteiger partial charge >= 0.3 is 5.97 Å². The molecule has 0 spiro atoms. The molecule has 0 saturated heterocycles. The lowest BCUT2D eigenvalue weighted by Gasteiger charge is -2.25. The van der Waals surface area contributed by atoms with E-state index in [1.807, 2.05) is 56.3 Å². The molecule has 3 amide bonds. The highest BCUT2D eigenvalue weighted by molar-refractivity contribution is 5.93. The molecule has 0 bridgehead atoms. The van der Waals surface area contributed by atoms with E-state index in [-0.39, 0.29) is 25.3 Å². The average molecular weight is 505 g/mol. The van der Waals surface area contributed by atoms with Crippen LogP contribution in [0.1, 0.15) is 43.1 Å². The second-order valence-corrected chi connectivity index (χ2v) is 9.71. The topological polar surface area (TPSA) is 144 Å². The van der Waals surface area contributed by atoms with E-state index in [4.69, 9.17) is 5.73 Å². The molecule has 9 nitrogen and oxygen atoms in total. The first kappa shape index (κ1) is 27.2. The third-order valence-corrected chi connectivity index (χ3v) is 6.12. The molecule has 1 aromatic heterocycles. The number of carbonyl (C=O) groups excluding carboxylic acids is 3. The van der Waals surface area contributed by atoms with Crippen LogP contribution in [-0.2, 0) is 14.4 Å². The highest BCUT2D eigenvalue weighted by Crippen LogP contribution is 2.27. The maximum absolute atomic E-state index is 13.0. The smallest absolute Gasteiger partial charge is 0.306 e. The van der Waals surface area contributed by atoms with Crippen LogP contribution in [0, 0.1) is 5.41 Å². The lowest BCUT2D eigenvalue weighted by atomic mass is 9.88. The van der Waals surface area contributed by atoms with Crippen LogP contribution in [0.25, 0.3) is 22.3 Å². The largest absolute Gasteiger partial charge is 0.481 e. The fraction of sp³-hybridized carbons (Fsp3) is 0.286. The predicted molar refractivity (Wildman–Crippen MR) is 141 cm³/mol. The summed E-state index contributed by atoms with van der Waals surface area (Å²) in [5.74, 6) is -2.13. The second kappa shape index (κ2) is 11.6. The van der Waals surface area contributed by atoms with Gasteiger partial charge in [0.1, 0.15) is 6.04 Å². The van der Waals surface area contributed by atoms with Gasteiger partial charge in [0.2, 0.25) is 17.7 Å². The Bertz CT molecular complexity index is 1280. The molecule has 0 saturated carbocycles. The van der Waals surface area contributed by atoms with Gasteiger partial charge in [-0.1, -0.05) is 50.2 Å². The van der Waals surface area contributed by atoms with E-state index < -0.39 is 29.2 Å². The SMILES string of the molecule is CNC(=O)CC(C)(C)CNC(=O)[C@@H](CC(=O)O)n1ccc(-c2ccc(-c3ccc(C(N)=O)cc3)cc2)c1. The number of hydrogen-bond acceptors (Lipinski definition) is 4. The number of primary amides is 1. The predicted octanol–water partition coefficient (Wildman–Crippen LogP) is 3.22. The van der Waals surface area contributed by atoms with Crippen molar-refractivity contribution in [2.75, 3.05) is 13.6 Å². The molecule has 0 aliphatic heterocycles. The van der Waals surface area contributed by atoms with Crippen molar-refractivity contribution < 1.29 is 24.3 Å². The number of amides is 3. The van der Waals surface area contributed by atoms with E-state index in [1.165, 1.54) is 0 Å². The monoisotopic (exact) mass is 504 g/mol. The highest BCUT2D eigenvalue weighted by atomic mass is 16.4. The van der Waals surface area contributed by atoms with Crippen molar-refractivity contribution in [3.63, 3.8) is 0 Å². The Balaban J connectivity index is 1.74. The fourth-order valence-corrected chi connectivity index (χ4v) is 3.99. The van der Waals surface area contributed by atoms with Crippen LogP contribution >= 0.6 is 0 Å². The number of rotatable bonds is 11. The molecule has 194 valence electrons. The molecule has 37 heavy (non-hydrogen) atoms. The van der Waals surface area contributed by atoms with Crippen molar-refractivity contribution in [2.24, 2.45) is 11.1 Å². The van der Waals surface area contributed by atoms with E-state index in [2.05, 4.69) is 10.6 Å². The lowest BCUT2D eigenvalue weighted by molar-refractivity contribution is -0.140. The number of nitrogens with one attached hydrogen (secondary N) is 2. The first-order chi connectivity index (χ1) is 17.5. The van der Waals surface area contributed by atoms with Gasteiger partial charge in [-0.2, -0.15) is 0 Å². The number of carboxylic acid groups (broad SMARTS) is 1. The molecule has 3 aromatic rings. The Morgan fingerprint density at radius 2 is 1.46 bits per heavy atom. The summed E-state index contributed by atoms with van der Waals surface area (Å²) in [6, 6.07) is 15.7. The Morgan fingerprint density at radius 3 is 1.97 bits per heavy atom. The van der Waals surface area contributed by atoms with Gasteiger partial charge in [0.25, 0.3) is 0 Å². The van der Waals surface area contributed by atoms with Crippen LogP contribution in [0.2, 0.25) is 0 Å². The van der Waals surface area contributed by atoms with Crippen LogP contribution in [-0.4, -0.2) is 47.0 Å². The van der Waals surface area contributed by atoms with Gasteiger partial charge in [-0.3, -0.25) is 19.2 Å². The van der Waals surface area contributed by atoms with Gasteiger partial charge < -0.3 is 26.0 Å². The zero-order chi connectivity index (χ0) is 27.2. The van der Waals surface area contributed by atoms with Crippen molar-refractivity contribution in [1.82, 2.24) is 15.2 Å². The third kappa shape index (κ3) is 7.30. The van der Waals surface area contributed by atoms with Crippen molar-refractivity contribution in [3.05, 3.63) is 72.6 Å². The third-order valence-electron chi connectivity index (χ3n) is 6.12. The molecule has 0 aliphatic rings. The van der Waals surface area contributed by atoms with Gasteiger partial charge in [-0.05, 0) is 45.9 Å². The molecule has 1 heterocycles. The summed E-state index contributed by atoms with van der Waals surface area (Å²) in [7, 11) is 1.56. The Hall–Kier alpha value is -4.40. The summed E-state index contributed by atoms with van der Waals surface area (Å²) in [5, 5.41) is 14.8. The van der Waals surface area contributed by atoms with Crippen LogP contribution < -0.4 is 16.4 Å². The molecule has 0 fully saturated rings. The molecule has 3 rings (SSSR count). The molecule has 0 aliphatic carbocycles. The standard InChI is InChI=1S/C28H32N4O5/c1-28(2,15-24(33)30-3)17-31-27(37)23(14-25(34)35)32-13-12-22(16-32)20-6-4-18(5-7-20)19-8-10-21(11-9-19)26(29)36/h4-13,16,23H,14-15,17H2,1-3H3,(H2,29,36)(H,30,33)(H,31,37)(H,34,35)/t23-/m1/s1. The van der Waals surface area contributed by atoms with Crippen molar-refractivity contribution >= 4 is 23.7 Å². The van der Waals surface area contributed by atoms with Crippen molar-refractivity contribution in [3.8, 4) is 22.3 Å². The minimum atomic E-state index is -1.09. The number of nitrogens with zero attached hydrogens (tertiary/aromatic N) is 1. The van der Waals surface area contributed by atoms with Gasteiger partial charge in [-0.15, -0.1) is 0 Å². The Morgan fingerprint density at radius 1 is 0.919 bits per heavy atom. The number of carbonyl (C=O) groups is 4. The quantitative estimate of drug-likeness (QED) is 0.317. The molecular formula is C28H32N4O5. The van der Waals surface area contributed by atoms with Gasteiger partial charge in [0, 0.05) is 38.0 Å². The minimum absolute atomic E-state index is 0.134. The number of aliphatic carboxylic acids is 1. The number of carboxylic acids is 1. The van der Waals surface area contributed by atoms with Crippen LogP contribution in [0.5, 0.6) is 0 Å². The molecule has 9 heteroatoms. The molecular weight excluding hydrogens is 472 g/mol. The van der Waals surface area contributed by atoms with E-state index in [9.17, 15) is 24.3 Å². The Labute approximate surface area is 215 Å². The maximum Gasteiger partial charge on any atom is 0.306 e. The van der Waals surface area contributed by atoms with Gasteiger partial charge in [0.15, 0.2) is 0 Å². The first-order valence-corrected chi connectivity index (χ1v) is 11.9. The average Bonchev–Trinajstić information content (AvgIpc) is 3.35. The van der Waals surface area contributed by atoms with Crippen LogP contribution in [0.3, 0.4) is 0 Å². The molecule has 5 N–H and O–H groups in total. The molecule has 2 aromatic carbocycles. The normalized spacial score (nSPS) is 12.0. The Kier molecular flexibility index (Phi) is 8.49. The first-order valence-electron chi connectivity index (χ1n) is 11.9.